The molecule has 0 N–H and O–H groups in total. The molecule has 154 valence electrons. The number of fused-ring (bicyclic) bond motifs is 3. The minimum atomic E-state index is -0.698. The van der Waals surface area contributed by atoms with E-state index >= 15 is 0 Å². The summed E-state index contributed by atoms with van der Waals surface area (Å²) < 4.78 is 30.9. The molecule has 6 nitrogen and oxygen atoms in total. The predicted molar refractivity (Wildman–Crippen MR) is 111 cm³/mol. The van der Waals surface area contributed by atoms with Crippen molar-refractivity contribution in [3.63, 3.8) is 0 Å². The van der Waals surface area contributed by atoms with Gasteiger partial charge in [0.2, 0.25) is 0 Å². The summed E-state index contributed by atoms with van der Waals surface area (Å²) in [5, 5.41) is 0. The van der Waals surface area contributed by atoms with Crippen molar-refractivity contribution in [2.45, 2.75) is 17.2 Å². The van der Waals surface area contributed by atoms with E-state index in [4.69, 9.17) is 14.2 Å². The van der Waals surface area contributed by atoms with Crippen molar-refractivity contribution < 1.29 is 29.6 Å². The van der Waals surface area contributed by atoms with Gasteiger partial charge in [0.15, 0.2) is 0 Å². The summed E-state index contributed by atoms with van der Waals surface area (Å²) in [4.78, 5) is 25.8. The van der Waals surface area contributed by atoms with Crippen molar-refractivity contribution in [3.05, 3.63) is 51.7 Å². The lowest BCUT2D eigenvalue weighted by Gasteiger charge is -2.26. The highest BCUT2D eigenvalue weighted by Crippen LogP contribution is 2.56. The molecule has 0 radical (unpaired) electrons. The Bertz CT molecular complexity index is 1010. The van der Waals surface area contributed by atoms with E-state index in [2.05, 4.69) is 15.9 Å². The van der Waals surface area contributed by atoms with Crippen molar-refractivity contribution in [1.29, 1.82) is 0 Å². The highest BCUT2D eigenvalue weighted by molar-refractivity contribution is 9.10. The number of esters is 1. The van der Waals surface area contributed by atoms with Crippen LogP contribution in [0.15, 0.2) is 39.7 Å². The van der Waals surface area contributed by atoms with Crippen molar-refractivity contribution in [1.82, 2.24) is 0 Å². The molecule has 0 bridgehead atoms. The Labute approximate surface area is 181 Å². The molecule has 1 aliphatic carbocycles. The monoisotopic (exact) mass is 483 g/mol. The minimum absolute atomic E-state index is 0. The molecule has 1 amide bonds. The van der Waals surface area contributed by atoms with Crippen LogP contribution in [0, 0.1) is 11.7 Å². The van der Waals surface area contributed by atoms with Crippen LogP contribution >= 0.6 is 27.9 Å². The average molecular weight is 484 g/mol. The molecule has 2 aromatic rings. The van der Waals surface area contributed by atoms with E-state index in [1.807, 2.05) is 6.07 Å². The molecule has 0 saturated heterocycles. The molecule has 1 fully saturated rings. The molecule has 29 heavy (non-hydrogen) atoms. The van der Waals surface area contributed by atoms with E-state index in [9.17, 15) is 14.0 Å². The van der Waals surface area contributed by atoms with Crippen LogP contribution in [0.5, 0.6) is 5.75 Å². The first-order valence-electron chi connectivity index (χ1n) is 8.83. The van der Waals surface area contributed by atoms with Gasteiger partial charge in [-0.25, -0.2) is 18.3 Å². The molecule has 1 aliphatic heterocycles. The Morgan fingerprint density at radius 3 is 2.76 bits per heavy atom. The Hall–Kier alpha value is -2.26. The zero-order valence-corrected chi connectivity index (χ0v) is 18.0. The maximum absolute atomic E-state index is 13.5. The summed E-state index contributed by atoms with van der Waals surface area (Å²) in [5.41, 5.74) is 1.40. The van der Waals surface area contributed by atoms with E-state index < -0.39 is 17.9 Å². The zero-order chi connectivity index (χ0) is 20.7. The van der Waals surface area contributed by atoms with Crippen molar-refractivity contribution in [2.75, 3.05) is 25.1 Å². The fraction of sp³-hybridized carbons (Fsp3) is 0.300. The van der Waals surface area contributed by atoms with Gasteiger partial charge in [-0.15, -0.1) is 0 Å². The number of nitrogens with zero attached hydrogens (tertiary/aromatic N) is 1. The number of ether oxygens (including phenoxy) is 3. The fourth-order valence-corrected chi connectivity index (χ4v) is 4.86. The first-order valence-corrected chi connectivity index (χ1v) is 10.4. The lowest BCUT2D eigenvalue weighted by Crippen LogP contribution is -2.27. The maximum atomic E-state index is 13.5. The highest BCUT2D eigenvalue weighted by atomic mass is 79.9. The van der Waals surface area contributed by atoms with Gasteiger partial charge >= 0.3 is 12.1 Å². The van der Waals surface area contributed by atoms with Gasteiger partial charge in [-0.2, -0.15) is 0 Å². The third-order valence-corrected chi connectivity index (χ3v) is 6.96. The number of hydrogen-bond acceptors (Lipinski definition) is 6. The van der Waals surface area contributed by atoms with Gasteiger partial charge in [0.1, 0.15) is 17.1 Å². The molecule has 2 aliphatic rings. The van der Waals surface area contributed by atoms with Gasteiger partial charge in [-0.05, 0) is 70.0 Å². The van der Waals surface area contributed by atoms with E-state index in [1.165, 1.54) is 36.7 Å². The molecule has 0 aromatic heterocycles. The topological polar surface area (TPSA) is 65.1 Å². The molecule has 4 rings (SSSR count). The Morgan fingerprint density at radius 1 is 1.28 bits per heavy atom. The van der Waals surface area contributed by atoms with Crippen molar-refractivity contribution in [2.24, 2.45) is 5.92 Å². The third kappa shape index (κ3) is 3.69. The molecule has 2 atom stereocenters. The highest BCUT2D eigenvalue weighted by Gasteiger charge is 2.46. The summed E-state index contributed by atoms with van der Waals surface area (Å²) >= 11 is 4.29. The molecule has 1 saturated carbocycles. The summed E-state index contributed by atoms with van der Waals surface area (Å²) in [6.07, 6.45) is 0.321. The van der Waals surface area contributed by atoms with Crippen LogP contribution in [0.3, 0.4) is 0 Å². The zero-order valence-electron chi connectivity index (χ0n) is 15.6. The third-order valence-electron chi connectivity index (χ3n) is 4.96. The molecular formula is C20H19BrFNO5S. The Kier molecular flexibility index (Phi) is 5.44. The number of carbonyl (C=O) groups is 2. The molecule has 2 aromatic carbocycles. The number of anilines is 1. The quantitative estimate of drug-likeness (QED) is 0.428. The molecule has 1 heterocycles. The van der Waals surface area contributed by atoms with E-state index in [0.29, 0.717) is 33.6 Å². The summed E-state index contributed by atoms with van der Waals surface area (Å²) in [6, 6.07) is 7.67. The standard InChI is InChI=1S/C20H17BrFNO5S.H2/c1-26-19(24)17-15(5-4-12-13-7-10(13)9-28-18(12)17)23(20(25)27-2)29-16-6-3-11(22)8-14(16)21;/h3-6,8,10,13H,7,9H2,1-2H3;1H. The minimum Gasteiger partial charge on any atom is -0.492 e. The maximum Gasteiger partial charge on any atom is 0.424 e. The number of halogens is 2. The summed E-state index contributed by atoms with van der Waals surface area (Å²) in [5.74, 6) is 0.258. The number of benzene rings is 2. The van der Waals surface area contributed by atoms with Crippen LogP contribution in [0.1, 0.15) is 29.7 Å². The van der Waals surface area contributed by atoms with Crippen LogP contribution in [0.4, 0.5) is 14.9 Å². The lowest BCUT2D eigenvalue weighted by atomic mass is 10.00. The number of carbonyl (C=O) groups excluding carboxylic acids is 2. The second kappa shape index (κ2) is 7.87. The van der Waals surface area contributed by atoms with Crippen molar-refractivity contribution in [3.8, 4) is 5.75 Å². The van der Waals surface area contributed by atoms with Gasteiger partial charge in [0.25, 0.3) is 0 Å². The summed E-state index contributed by atoms with van der Waals surface area (Å²) in [6.45, 7) is 0.528. The van der Waals surface area contributed by atoms with Gasteiger partial charge in [0, 0.05) is 16.7 Å². The van der Waals surface area contributed by atoms with Crippen LogP contribution < -0.4 is 9.04 Å². The average Bonchev–Trinajstić information content (AvgIpc) is 3.51. The number of amides is 1. The second-order valence-corrected chi connectivity index (χ2v) is 8.56. The van der Waals surface area contributed by atoms with E-state index in [1.54, 1.807) is 6.07 Å². The molecular weight excluding hydrogens is 465 g/mol. The lowest BCUT2D eigenvalue weighted by molar-refractivity contribution is 0.0596. The van der Waals surface area contributed by atoms with Gasteiger partial charge in [-0.3, -0.25) is 0 Å². The Morgan fingerprint density at radius 2 is 2.07 bits per heavy atom. The number of rotatable bonds is 4. The Balaban J connectivity index is 0.00000256. The van der Waals surface area contributed by atoms with Gasteiger partial charge in [-0.1, -0.05) is 6.07 Å². The first kappa shape index (κ1) is 20.0. The normalized spacial score (nSPS) is 18.8. The van der Waals surface area contributed by atoms with Crippen LogP contribution in [0.25, 0.3) is 0 Å². The van der Waals surface area contributed by atoms with Crippen LogP contribution in [-0.2, 0) is 9.47 Å². The van der Waals surface area contributed by atoms with Crippen molar-refractivity contribution >= 4 is 45.6 Å². The fourth-order valence-electron chi connectivity index (χ4n) is 3.42. The molecule has 0 spiro atoms. The number of hydrogen-bond donors (Lipinski definition) is 0. The molecule has 2 unspecified atom stereocenters. The SMILES string of the molecule is COC(=O)c1c(N(Sc2ccc(F)cc2Br)C(=O)OC)ccc2c1OCC1CC21.[HH]. The molecule has 9 heteroatoms. The van der Waals surface area contributed by atoms with Crippen LogP contribution in [-0.4, -0.2) is 32.9 Å². The number of methoxy groups -OCH3 is 2. The predicted octanol–water partition coefficient (Wildman–Crippen LogP) is 5.40. The smallest absolute Gasteiger partial charge is 0.424 e. The van der Waals surface area contributed by atoms with E-state index in [-0.39, 0.29) is 12.7 Å². The van der Waals surface area contributed by atoms with Gasteiger partial charge < -0.3 is 14.2 Å². The summed E-state index contributed by atoms with van der Waals surface area (Å²) in [7, 11) is 2.53. The van der Waals surface area contributed by atoms with Gasteiger partial charge in [0.05, 0.1) is 26.5 Å². The van der Waals surface area contributed by atoms with Crippen LogP contribution in [0.2, 0.25) is 0 Å². The van der Waals surface area contributed by atoms with E-state index in [0.717, 1.165) is 23.9 Å². The first-order chi connectivity index (χ1) is 13.9. The second-order valence-electron chi connectivity index (χ2n) is 6.71. The largest absolute Gasteiger partial charge is 0.492 e.